The maximum absolute atomic E-state index is 11.2. The van der Waals surface area contributed by atoms with Crippen LogP contribution in [0.1, 0.15) is 32.6 Å². The molecule has 0 fully saturated rings. The van der Waals surface area contributed by atoms with E-state index in [1.165, 1.54) is 7.05 Å². The molecule has 0 aromatic rings. The van der Waals surface area contributed by atoms with Crippen LogP contribution in [-0.2, 0) is 15.0 Å². The van der Waals surface area contributed by atoms with Crippen LogP contribution in [0.15, 0.2) is 0 Å². The third kappa shape index (κ3) is 8.63. The van der Waals surface area contributed by atoms with Crippen LogP contribution < -0.4 is 14.8 Å². The fourth-order valence-electron chi connectivity index (χ4n) is 1.08. The standard InChI is InChI=1S/C9H21N3O3S/c1-3-4-5-6-9(13)11-7-8-12-16(14,15)10-2/h10,12H,3-8H2,1-2H3,(H,11,13). The van der Waals surface area contributed by atoms with Gasteiger partial charge in [0.15, 0.2) is 0 Å². The Labute approximate surface area is 97.4 Å². The molecule has 0 aromatic carbocycles. The smallest absolute Gasteiger partial charge is 0.276 e. The average Bonchev–Trinajstić information content (AvgIpc) is 2.25. The van der Waals surface area contributed by atoms with E-state index >= 15 is 0 Å². The molecule has 0 atom stereocenters. The van der Waals surface area contributed by atoms with E-state index < -0.39 is 10.2 Å². The lowest BCUT2D eigenvalue weighted by Crippen LogP contribution is -2.39. The second-order valence-corrected chi connectivity index (χ2v) is 5.11. The molecule has 0 aliphatic rings. The van der Waals surface area contributed by atoms with Crippen LogP contribution in [0.2, 0.25) is 0 Å². The molecule has 3 N–H and O–H groups in total. The van der Waals surface area contributed by atoms with Gasteiger partial charge in [-0.15, -0.1) is 0 Å². The number of carbonyl (C=O) groups excluding carboxylic acids is 1. The molecule has 0 bridgehead atoms. The summed E-state index contributed by atoms with van der Waals surface area (Å²) < 4.78 is 26.2. The van der Waals surface area contributed by atoms with Gasteiger partial charge in [0.1, 0.15) is 0 Å². The first kappa shape index (κ1) is 15.3. The highest BCUT2D eigenvalue weighted by atomic mass is 32.2. The van der Waals surface area contributed by atoms with Crippen LogP contribution in [0.25, 0.3) is 0 Å². The molecule has 0 unspecified atom stereocenters. The Bertz CT molecular complexity index is 290. The summed E-state index contributed by atoms with van der Waals surface area (Å²) in [6.45, 7) is 2.58. The molecule has 7 heteroatoms. The van der Waals surface area contributed by atoms with Gasteiger partial charge in [-0.25, -0.2) is 9.44 Å². The highest BCUT2D eigenvalue weighted by molar-refractivity contribution is 7.87. The van der Waals surface area contributed by atoms with Gasteiger partial charge in [0.2, 0.25) is 5.91 Å². The average molecular weight is 251 g/mol. The number of hydrogen-bond donors (Lipinski definition) is 3. The summed E-state index contributed by atoms with van der Waals surface area (Å²) in [4.78, 5) is 11.2. The summed E-state index contributed by atoms with van der Waals surface area (Å²) in [5.41, 5.74) is 0. The van der Waals surface area contributed by atoms with Crippen molar-refractivity contribution in [1.29, 1.82) is 0 Å². The fraction of sp³-hybridized carbons (Fsp3) is 0.889. The van der Waals surface area contributed by atoms with Crippen LogP contribution >= 0.6 is 0 Å². The molecular weight excluding hydrogens is 230 g/mol. The largest absolute Gasteiger partial charge is 0.355 e. The molecular formula is C9H21N3O3S. The number of unbranched alkanes of at least 4 members (excludes halogenated alkanes) is 2. The van der Waals surface area contributed by atoms with Crippen LogP contribution in [-0.4, -0.2) is 34.5 Å². The van der Waals surface area contributed by atoms with E-state index in [0.29, 0.717) is 13.0 Å². The predicted octanol–water partition coefficient (Wildman–Crippen LogP) is -0.263. The Morgan fingerprint density at radius 3 is 2.44 bits per heavy atom. The SMILES string of the molecule is CCCCCC(=O)NCCNS(=O)(=O)NC. The fourth-order valence-corrected chi connectivity index (χ4v) is 1.60. The molecule has 16 heavy (non-hydrogen) atoms. The zero-order valence-electron chi connectivity index (χ0n) is 9.88. The van der Waals surface area contributed by atoms with E-state index in [9.17, 15) is 13.2 Å². The molecule has 6 nitrogen and oxygen atoms in total. The lowest BCUT2D eigenvalue weighted by molar-refractivity contribution is -0.121. The molecule has 0 radical (unpaired) electrons. The van der Waals surface area contributed by atoms with Gasteiger partial charge in [0.25, 0.3) is 10.2 Å². The molecule has 0 aliphatic heterocycles. The third-order valence-electron chi connectivity index (χ3n) is 2.02. The highest BCUT2D eigenvalue weighted by Crippen LogP contribution is 1.97. The van der Waals surface area contributed by atoms with Crippen molar-refractivity contribution in [2.45, 2.75) is 32.6 Å². The monoisotopic (exact) mass is 251 g/mol. The van der Waals surface area contributed by atoms with E-state index in [-0.39, 0.29) is 12.5 Å². The van der Waals surface area contributed by atoms with Crippen molar-refractivity contribution in [3.8, 4) is 0 Å². The van der Waals surface area contributed by atoms with E-state index in [2.05, 4.69) is 21.7 Å². The number of amides is 1. The van der Waals surface area contributed by atoms with Crippen molar-refractivity contribution < 1.29 is 13.2 Å². The summed E-state index contributed by atoms with van der Waals surface area (Å²) in [5.74, 6) is -0.0305. The molecule has 0 heterocycles. The lowest BCUT2D eigenvalue weighted by atomic mass is 10.2. The first-order valence-electron chi connectivity index (χ1n) is 5.46. The topological polar surface area (TPSA) is 87.3 Å². The molecule has 0 saturated heterocycles. The van der Waals surface area contributed by atoms with Gasteiger partial charge in [-0.3, -0.25) is 4.79 Å². The van der Waals surface area contributed by atoms with E-state index in [0.717, 1.165) is 19.3 Å². The van der Waals surface area contributed by atoms with Gasteiger partial charge in [0, 0.05) is 26.6 Å². The molecule has 1 amide bonds. The van der Waals surface area contributed by atoms with Crippen LogP contribution in [0, 0.1) is 0 Å². The Morgan fingerprint density at radius 1 is 1.19 bits per heavy atom. The zero-order valence-corrected chi connectivity index (χ0v) is 10.7. The van der Waals surface area contributed by atoms with Crippen LogP contribution in [0.3, 0.4) is 0 Å². The second-order valence-electron chi connectivity index (χ2n) is 3.41. The third-order valence-corrected chi connectivity index (χ3v) is 3.14. The van der Waals surface area contributed by atoms with E-state index in [1.807, 2.05) is 0 Å². The summed E-state index contributed by atoms with van der Waals surface area (Å²) in [5, 5.41) is 2.64. The zero-order chi connectivity index (χ0) is 12.4. The summed E-state index contributed by atoms with van der Waals surface area (Å²) in [6, 6.07) is 0. The Kier molecular flexibility index (Phi) is 8.14. The van der Waals surface area contributed by atoms with Gasteiger partial charge < -0.3 is 5.32 Å². The first-order chi connectivity index (χ1) is 7.52. The van der Waals surface area contributed by atoms with Gasteiger partial charge in [-0.1, -0.05) is 19.8 Å². The van der Waals surface area contributed by atoms with Crippen molar-refractivity contribution in [1.82, 2.24) is 14.8 Å². The minimum absolute atomic E-state index is 0.0305. The van der Waals surface area contributed by atoms with Crippen molar-refractivity contribution in [3.05, 3.63) is 0 Å². The molecule has 0 aliphatic carbocycles. The number of hydrogen-bond acceptors (Lipinski definition) is 3. The molecule has 0 aromatic heterocycles. The van der Waals surface area contributed by atoms with Gasteiger partial charge in [-0.05, 0) is 6.42 Å². The van der Waals surface area contributed by atoms with Crippen molar-refractivity contribution in [2.24, 2.45) is 0 Å². The van der Waals surface area contributed by atoms with Gasteiger partial charge >= 0.3 is 0 Å². The molecule has 0 rings (SSSR count). The number of rotatable bonds is 9. The van der Waals surface area contributed by atoms with Gasteiger partial charge in [-0.2, -0.15) is 8.42 Å². The Morgan fingerprint density at radius 2 is 1.88 bits per heavy atom. The predicted molar refractivity (Wildman–Crippen MR) is 63.1 cm³/mol. The quantitative estimate of drug-likeness (QED) is 0.493. The van der Waals surface area contributed by atoms with Crippen molar-refractivity contribution in [3.63, 3.8) is 0 Å². The summed E-state index contributed by atoms with van der Waals surface area (Å²) in [7, 11) is -2.06. The number of nitrogens with one attached hydrogen (secondary N) is 3. The Hall–Kier alpha value is -0.660. The Balaban J connectivity index is 3.48. The molecule has 0 spiro atoms. The maximum atomic E-state index is 11.2. The summed E-state index contributed by atoms with van der Waals surface area (Å²) >= 11 is 0. The molecule has 96 valence electrons. The van der Waals surface area contributed by atoms with Crippen molar-refractivity contribution >= 4 is 16.1 Å². The minimum Gasteiger partial charge on any atom is -0.355 e. The molecule has 0 saturated carbocycles. The lowest BCUT2D eigenvalue weighted by Gasteiger charge is -2.06. The van der Waals surface area contributed by atoms with Crippen molar-refractivity contribution in [2.75, 3.05) is 20.1 Å². The maximum Gasteiger partial charge on any atom is 0.276 e. The number of carbonyl (C=O) groups is 1. The first-order valence-corrected chi connectivity index (χ1v) is 6.95. The second kappa shape index (κ2) is 8.49. The minimum atomic E-state index is -3.39. The van der Waals surface area contributed by atoms with E-state index in [4.69, 9.17) is 0 Å². The summed E-state index contributed by atoms with van der Waals surface area (Å²) in [6.07, 6.45) is 3.51. The normalized spacial score (nSPS) is 11.4. The van der Waals surface area contributed by atoms with E-state index in [1.54, 1.807) is 0 Å². The van der Waals surface area contributed by atoms with Gasteiger partial charge in [0.05, 0.1) is 0 Å². The van der Waals surface area contributed by atoms with Crippen LogP contribution in [0.4, 0.5) is 0 Å². The highest BCUT2D eigenvalue weighted by Gasteiger charge is 2.04. The van der Waals surface area contributed by atoms with Crippen LogP contribution in [0.5, 0.6) is 0 Å².